The molecule has 6 heteroatoms. The maximum atomic E-state index is 6.48. The number of nitrogens with one attached hydrogen (secondary N) is 2. The van der Waals surface area contributed by atoms with Gasteiger partial charge in [0.25, 0.3) is 0 Å². The lowest BCUT2D eigenvalue weighted by Crippen LogP contribution is -2.43. The molecule has 38 heavy (non-hydrogen) atoms. The predicted molar refractivity (Wildman–Crippen MR) is 153 cm³/mol. The molecule has 0 amide bonds. The number of para-hydroxylation sites is 1. The van der Waals surface area contributed by atoms with Crippen molar-refractivity contribution >= 4 is 51.2 Å². The van der Waals surface area contributed by atoms with Gasteiger partial charge in [0.1, 0.15) is 0 Å². The number of anilines is 1. The summed E-state index contributed by atoms with van der Waals surface area (Å²) in [4.78, 5) is 19.6. The second-order valence-corrected chi connectivity index (χ2v) is 10.4. The number of aromatic nitrogens is 4. The van der Waals surface area contributed by atoms with E-state index in [-0.39, 0.29) is 6.10 Å². The first-order valence-corrected chi connectivity index (χ1v) is 13.3. The topological polar surface area (TPSA) is 69.8 Å². The van der Waals surface area contributed by atoms with Gasteiger partial charge < -0.3 is 19.6 Å². The highest BCUT2D eigenvalue weighted by Gasteiger charge is 2.42. The minimum absolute atomic E-state index is 0.0345. The van der Waals surface area contributed by atoms with Crippen LogP contribution in [0, 0.1) is 5.92 Å². The molecule has 1 aromatic carbocycles. The highest BCUT2D eigenvalue weighted by atomic mass is 16.5. The lowest BCUT2D eigenvalue weighted by molar-refractivity contribution is 0.0113. The molecule has 6 nitrogen and oxygen atoms in total. The first-order chi connectivity index (χ1) is 18.8. The molecule has 0 aliphatic carbocycles. The van der Waals surface area contributed by atoms with Crippen LogP contribution in [0.15, 0.2) is 78.9 Å². The lowest BCUT2D eigenvalue weighted by Gasteiger charge is -2.42. The molecule has 0 spiro atoms. The van der Waals surface area contributed by atoms with E-state index in [1.54, 1.807) is 0 Å². The molecule has 2 atom stereocenters. The normalized spacial score (nSPS) is 20.4. The van der Waals surface area contributed by atoms with E-state index in [4.69, 9.17) is 14.7 Å². The summed E-state index contributed by atoms with van der Waals surface area (Å²) >= 11 is 0. The smallest absolute Gasteiger partial charge is 0.0912 e. The van der Waals surface area contributed by atoms with Crippen LogP contribution in [0.3, 0.4) is 0 Å². The number of hydrogen-bond acceptors (Lipinski definition) is 4. The number of aromatic amines is 2. The molecule has 186 valence electrons. The highest BCUT2D eigenvalue weighted by Crippen LogP contribution is 2.46. The molecule has 1 fully saturated rings. The maximum absolute atomic E-state index is 6.48. The molecule has 2 unspecified atom stereocenters. The Kier molecular flexibility index (Phi) is 4.88. The number of fused-ring (bicyclic) bond motifs is 12. The van der Waals surface area contributed by atoms with Crippen molar-refractivity contribution in [2.45, 2.75) is 18.9 Å². The van der Waals surface area contributed by atoms with Gasteiger partial charge in [0, 0.05) is 52.4 Å². The average molecular weight is 498 g/mol. The van der Waals surface area contributed by atoms with Gasteiger partial charge in [-0.2, -0.15) is 0 Å². The van der Waals surface area contributed by atoms with Crippen molar-refractivity contribution in [2.75, 3.05) is 18.1 Å². The number of ether oxygens (including phenoxy) is 1. The third kappa shape index (κ3) is 3.68. The largest absolute Gasteiger partial charge is 0.373 e. The van der Waals surface area contributed by atoms with Crippen LogP contribution in [-0.4, -0.2) is 39.2 Å². The van der Waals surface area contributed by atoms with E-state index in [9.17, 15) is 0 Å². The van der Waals surface area contributed by atoms with Crippen molar-refractivity contribution in [3.05, 3.63) is 102 Å². The minimum atomic E-state index is 0.0345. The predicted octanol–water partition coefficient (Wildman–Crippen LogP) is 6.67. The van der Waals surface area contributed by atoms with Gasteiger partial charge in [0.2, 0.25) is 0 Å². The quantitative estimate of drug-likeness (QED) is 0.271. The van der Waals surface area contributed by atoms with Crippen molar-refractivity contribution in [3.63, 3.8) is 0 Å². The van der Waals surface area contributed by atoms with Gasteiger partial charge in [-0.25, -0.2) is 9.97 Å². The van der Waals surface area contributed by atoms with Crippen molar-refractivity contribution in [1.29, 1.82) is 0 Å². The zero-order chi connectivity index (χ0) is 25.1. The van der Waals surface area contributed by atoms with Gasteiger partial charge in [-0.15, -0.1) is 0 Å². The molecule has 2 N–H and O–H groups in total. The van der Waals surface area contributed by atoms with Crippen LogP contribution in [0.2, 0.25) is 0 Å². The Labute approximate surface area is 220 Å². The van der Waals surface area contributed by atoms with E-state index in [1.165, 1.54) is 11.3 Å². The summed E-state index contributed by atoms with van der Waals surface area (Å²) in [5, 5.41) is 0. The summed E-state index contributed by atoms with van der Waals surface area (Å²) in [6.45, 7) is 1.71. The molecular weight excluding hydrogens is 470 g/mol. The van der Waals surface area contributed by atoms with Gasteiger partial charge in [0.05, 0.1) is 34.6 Å². The van der Waals surface area contributed by atoms with Crippen LogP contribution in [-0.2, 0) is 4.74 Å². The van der Waals surface area contributed by atoms with Crippen molar-refractivity contribution in [3.8, 4) is 0 Å². The first-order valence-electron chi connectivity index (χ1n) is 13.3. The summed E-state index contributed by atoms with van der Waals surface area (Å²) in [5.41, 5.74) is 11.3. The van der Waals surface area contributed by atoms with Gasteiger partial charge in [-0.05, 0) is 85.7 Å². The molecule has 7 heterocycles. The van der Waals surface area contributed by atoms with Crippen LogP contribution in [0.25, 0.3) is 45.5 Å². The molecule has 1 saturated heterocycles. The lowest BCUT2D eigenvalue weighted by atomic mass is 9.83. The standard InChI is InChI=1S/C32H27N5O/c1-2-6-27(7-3-1)37-19-20-5-4-14-38-32(20)30-28-17-25-12-10-23(34-25)15-21-8-9-22(33-21)16-24-11-13-26(35-24)18-29(36-28)31(30)37/h1-3,6-13,15-18,20,32-33,35H,4-5,14,19H2. The average Bonchev–Trinajstić information content (AvgIpc) is 3.74. The molecule has 8 bridgehead atoms. The number of nitrogens with zero attached hydrogens (tertiary/aromatic N) is 3. The van der Waals surface area contributed by atoms with Gasteiger partial charge >= 0.3 is 0 Å². The molecular formula is C32H27N5O. The Bertz CT molecular complexity index is 1780. The van der Waals surface area contributed by atoms with Gasteiger partial charge in [-0.1, -0.05) is 18.2 Å². The van der Waals surface area contributed by atoms with E-state index in [0.717, 1.165) is 76.5 Å². The zero-order valence-electron chi connectivity index (χ0n) is 20.9. The molecule has 8 rings (SSSR count). The Balaban J connectivity index is 1.43. The highest BCUT2D eigenvalue weighted by molar-refractivity contribution is 6.01. The number of H-pyrrole nitrogens is 2. The van der Waals surface area contributed by atoms with Crippen LogP contribution < -0.4 is 4.90 Å². The summed E-state index contributed by atoms with van der Waals surface area (Å²) in [6, 6.07) is 27.5. The van der Waals surface area contributed by atoms with Crippen LogP contribution in [0.5, 0.6) is 0 Å². The van der Waals surface area contributed by atoms with Gasteiger partial charge in [-0.3, -0.25) is 0 Å². The number of rotatable bonds is 1. The fourth-order valence-electron chi connectivity index (χ4n) is 6.16. The fourth-order valence-corrected chi connectivity index (χ4v) is 6.16. The summed E-state index contributed by atoms with van der Waals surface area (Å²) in [6.07, 6.45) is 6.41. The Morgan fingerprint density at radius 1 is 0.737 bits per heavy atom. The van der Waals surface area contributed by atoms with E-state index in [2.05, 4.69) is 106 Å². The molecule has 3 aromatic heterocycles. The summed E-state index contributed by atoms with van der Waals surface area (Å²) < 4.78 is 6.48. The molecule has 0 saturated carbocycles. The number of hydrogen-bond donors (Lipinski definition) is 2. The Hall–Kier alpha value is -4.42. The third-order valence-electron chi connectivity index (χ3n) is 7.84. The second kappa shape index (κ2) is 8.57. The molecule has 4 aliphatic heterocycles. The summed E-state index contributed by atoms with van der Waals surface area (Å²) in [7, 11) is 0. The van der Waals surface area contributed by atoms with Crippen molar-refractivity contribution < 1.29 is 4.74 Å². The summed E-state index contributed by atoms with van der Waals surface area (Å²) in [5.74, 6) is 0.416. The zero-order valence-corrected chi connectivity index (χ0v) is 20.9. The molecule has 4 aromatic rings. The van der Waals surface area contributed by atoms with Crippen molar-refractivity contribution in [2.24, 2.45) is 5.92 Å². The maximum Gasteiger partial charge on any atom is 0.0912 e. The fraction of sp³-hybridized carbons (Fsp3) is 0.188. The van der Waals surface area contributed by atoms with E-state index >= 15 is 0 Å². The van der Waals surface area contributed by atoms with E-state index < -0.39 is 0 Å². The SMILES string of the molecule is C1=Cc2cc3ccc(cc4ccc(cc5nc(cc1n2)C1=C5N(c2ccccc2)CC2CCCOC12)[nH]4)[nH]3. The van der Waals surface area contributed by atoms with Crippen LogP contribution >= 0.6 is 0 Å². The van der Waals surface area contributed by atoms with Crippen molar-refractivity contribution in [1.82, 2.24) is 19.9 Å². The van der Waals surface area contributed by atoms with Crippen LogP contribution in [0.1, 0.15) is 35.6 Å². The molecule has 0 radical (unpaired) electrons. The third-order valence-corrected chi connectivity index (χ3v) is 7.84. The Morgan fingerprint density at radius 2 is 1.45 bits per heavy atom. The van der Waals surface area contributed by atoms with E-state index in [0.29, 0.717) is 5.92 Å². The van der Waals surface area contributed by atoms with Crippen LogP contribution in [0.4, 0.5) is 5.69 Å². The first kappa shape index (κ1) is 21.6. The minimum Gasteiger partial charge on any atom is -0.373 e. The monoisotopic (exact) mass is 497 g/mol. The number of benzene rings is 1. The van der Waals surface area contributed by atoms with E-state index in [1.807, 2.05) is 0 Å². The second-order valence-electron chi connectivity index (χ2n) is 10.4. The molecule has 4 aliphatic rings. The van der Waals surface area contributed by atoms with Gasteiger partial charge in [0.15, 0.2) is 0 Å². The Morgan fingerprint density at radius 3 is 2.24 bits per heavy atom.